The van der Waals surface area contributed by atoms with Crippen LogP contribution < -0.4 is 0 Å². The van der Waals surface area contributed by atoms with Gasteiger partial charge in [-0.15, -0.1) is 0 Å². The normalized spacial score (nSPS) is 31.0. The van der Waals surface area contributed by atoms with E-state index in [0.29, 0.717) is 0 Å². The van der Waals surface area contributed by atoms with E-state index in [9.17, 15) is 13.6 Å². The van der Waals surface area contributed by atoms with Gasteiger partial charge in [-0.3, -0.25) is 0 Å². The molecule has 1 aliphatic heterocycles. The van der Waals surface area contributed by atoms with Crippen LogP contribution in [0.15, 0.2) is 0 Å². The van der Waals surface area contributed by atoms with Crippen molar-refractivity contribution < 1.29 is 38.1 Å². The number of ether oxygens (including phenoxy) is 2. The Hall–Kier alpha value is -1.60. The average Bonchev–Trinajstić information content (AvgIpc) is 2.02. The number of hydrogen-bond donors (Lipinski definition) is 2. The molecular weight excluding hydrogens is 194 g/mol. The van der Waals surface area contributed by atoms with Crippen molar-refractivity contribution >= 4 is 12.3 Å². The third-order valence-corrected chi connectivity index (χ3v) is 0.888. The minimum absolute atomic E-state index is 0.780. The summed E-state index contributed by atoms with van der Waals surface area (Å²) in [5.74, 6) is -2.61. The number of carbonyl (C=O) groups excluding carboxylic acids is 1. The van der Waals surface area contributed by atoms with Gasteiger partial charge in [-0.1, -0.05) is 0 Å². The molecule has 0 amide bonds. The van der Waals surface area contributed by atoms with Crippen LogP contribution in [0.1, 0.15) is 6.92 Å². The zero-order valence-electron chi connectivity index (χ0n) is 6.36. The third-order valence-electron chi connectivity index (χ3n) is 0.888. The molecule has 0 aromatic carbocycles. The summed E-state index contributed by atoms with van der Waals surface area (Å²) in [5, 5.41) is 13.9. The van der Waals surface area contributed by atoms with Gasteiger partial charge in [0.25, 0.3) is 0 Å². The highest BCUT2D eigenvalue weighted by atomic mass is 19.2. The predicted molar refractivity (Wildman–Crippen MR) is 32.6 cm³/mol. The molecule has 8 heteroatoms. The minimum Gasteiger partial charge on any atom is -0.450 e. The van der Waals surface area contributed by atoms with Crippen LogP contribution in [0, 0.1) is 0 Å². The molecule has 76 valence electrons. The molecule has 1 saturated heterocycles. The molecule has 0 saturated carbocycles. The second-order valence-corrected chi connectivity index (χ2v) is 2.05. The summed E-state index contributed by atoms with van der Waals surface area (Å²) in [7, 11) is 0. The molecular formula is C5H6F2O6. The topological polar surface area (TPSA) is 93.1 Å². The van der Waals surface area contributed by atoms with Crippen molar-refractivity contribution in [1.82, 2.24) is 0 Å². The van der Waals surface area contributed by atoms with Crippen LogP contribution >= 0.6 is 0 Å². The van der Waals surface area contributed by atoms with Crippen LogP contribution in [0.4, 0.5) is 18.4 Å². The molecule has 0 aromatic heterocycles. The highest BCUT2D eigenvalue weighted by Crippen LogP contribution is 2.28. The quantitative estimate of drug-likeness (QED) is 0.573. The number of hydrogen-bond acceptors (Lipinski definition) is 4. The van der Waals surface area contributed by atoms with Crippen molar-refractivity contribution in [1.29, 1.82) is 0 Å². The van der Waals surface area contributed by atoms with Crippen LogP contribution in [0.5, 0.6) is 0 Å². The van der Waals surface area contributed by atoms with Crippen molar-refractivity contribution in [2.75, 3.05) is 0 Å². The van der Waals surface area contributed by atoms with Gasteiger partial charge in [0.05, 0.1) is 0 Å². The molecule has 6 nitrogen and oxygen atoms in total. The Balaban J connectivity index is 0.000000310. The lowest BCUT2D eigenvalue weighted by atomic mass is 10.4. The Morgan fingerprint density at radius 3 is 2.08 bits per heavy atom. The van der Waals surface area contributed by atoms with E-state index < -0.39 is 24.5 Å². The Labute approximate surface area is 70.7 Å². The molecule has 2 atom stereocenters. The maximum absolute atomic E-state index is 12.3. The number of halogens is 2. The smallest absolute Gasteiger partial charge is 0.450 e. The van der Waals surface area contributed by atoms with Crippen molar-refractivity contribution in [3.63, 3.8) is 0 Å². The molecule has 1 heterocycles. The van der Waals surface area contributed by atoms with Gasteiger partial charge in [0.1, 0.15) is 0 Å². The minimum atomic E-state index is -2.61. The van der Waals surface area contributed by atoms with E-state index in [0.717, 1.165) is 6.92 Å². The fourth-order valence-corrected chi connectivity index (χ4v) is 0.423. The first kappa shape index (κ1) is 11.4. The van der Waals surface area contributed by atoms with Gasteiger partial charge in [-0.25, -0.2) is 9.59 Å². The van der Waals surface area contributed by atoms with Crippen LogP contribution in [-0.4, -0.2) is 34.7 Å². The number of alkyl halides is 2. The second kappa shape index (κ2) is 3.87. The third kappa shape index (κ3) is 4.09. The summed E-state index contributed by atoms with van der Waals surface area (Å²) in [6.45, 7) is 0.780. The molecule has 1 aliphatic rings. The van der Waals surface area contributed by atoms with Crippen molar-refractivity contribution in [2.24, 2.45) is 0 Å². The lowest BCUT2D eigenvalue weighted by molar-refractivity contribution is -0.122. The largest absolute Gasteiger partial charge is 0.514 e. The fraction of sp³-hybridized carbons (Fsp3) is 0.600. The van der Waals surface area contributed by atoms with Gasteiger partial charge < -0.3 is 19.7 Å². The molecule has 2 unspecified atom stereocenters. The summed E-state index contributed by atoms with van der Waals surface area (Å²) in [5.41, 5.74) is 0. The maximum atomic E-state index is 12.3. The van der Waals surface area contributed by atoms with Gasteiger partial charge >= 0.3 is 24.5 Å². The molecule has 0 radical (unpaired) electrons. The first-order chi connectivity index (χ1) is 5.75. The number of cyclic esters (lactones) is 2. The van der Waals surface area contributed by atoms with Gasteiger partial charge in [0.2, 0.25) is 0 Å². The summed E-state index contributed by atoms with van der Waals surface area (Å²) >= 11 is 0. The zero-order chi connectivity index (χ0) is 10.6. The van der Waals surface area contributed by atoms with Crippen LogP contribution in [-0.2, 0) is 9.47 Å². The van der Waals surface area contributed by atoms with Gasteiger partial charge in [-0.2, -0.15) is 8.78 Å². The predicted octanol–water partition coefficient (Wildman–Crippen LogP) is 1.36. The fourth-order valence-electron chi connectivity index (χ4n) is 0.423. The van der Waals surface area contributed by atoms with E-state index in [1.54, 1.807) is 0 Å². The number of carbonyl (C=O) groups is 2. The molecule has 0 spiro atoms. The molecule has 13 heavy (non-hydrogen) atoms. The lowest BCUT2D eigenvalue weighted by Gasteiger charge is -2.08. The highest BCUT2D eigenvalue weighted by molar-refractivity contribution is 5.62. The Morgan fingerprint density at radius 1 is 1.62 bits per heavy atom. The van der Waals surface area contributed by atoms with Crippen LogP contribution in [0.25, 0.3) is 0 Å². The number of rotatable bonds is 0. The molecule has 1 fully saturated rings. The van der Waals surface area contributed by atoms with E-state index in [1.807, 2.05) is 0 Å². The Bertz CT molecular complexity index is 211. The summed E-state index contributed by atoms with van der Waals surface area (Å²) < 4.78 is 31.8. The van der Waals surface area contributed by atoms with Gasteiger partial charge in [0.15, 0.2) is 0 Å². The van der Waals surface area contributed by atoms with E-state index in [2.05, 4.69) is 9.47 Å². The summed E-state index contributed by atoms with van der Waals surface area (Å²) in [6, 6.07) is 0. The Morgan fingerprint density at radius 2 is 2.00 bits per heavy atom. The van der Waals surface area contributed by atoms with Gasteiger partial charge in [0, 0.05) is 6.92 Å². The van der Waals surface area contributed by atoms with E-state index >= 15 is 0 Å². The summed E-state index contributed by atoms with van der Waals surface area (Å²) in [6.07, 6.45) is -5.45. The van der Waals surface area contributed by atoms with E-state index in [4.69, 9.17) is 15.0 Å². The monoisotopic (exact) mass is 200 g/mol. The zero-order valence-corrected chi connectivity index (χ0v) is 6.36. The second-order valence-electron chi connectivity index (χ2n) is 2.05. The molecule has 0 aliphatic carbocycles. The standard InChI is InChI=1S/C4H4F2O3.CH2O3/c1-4(6)2(5)8-3(7)9-4;2-1(3)4/h2H,1H3;(H2,2,3,4). The van der Waals surface area contributed by atoms with E-state index in [-0.39, 0.29) is 0 Å². The van der Waals surface area contributed by atoms with Crippen LogP contribution in [0.2, 0.25) is 0 Å². The maximum Gasteiger partial charge on any atom is 0.514 e. The Kier molecular flexibility index (Phi) is 3.40. The van der Waals surface area contributed by atoms with E-state index in [1.165, 1.54) is 0 Å². The first-order valence-electron chi connectivity index (χ1n) is 2.90. The number of carboxylic acid groups (broad SMARTS) is 2. The molecule has 0 aromatic rings. The van der Waals surface area contributed by atoms with Crippen molar-refractivity contribution in [3.8, 4) is 0 Å². The van der Waals surface area contributed by atoms with Gasteiger partial charge in [-0.05, 0) is 0 Å². The molecule has 2 N–H and O–H groups in total. The van der Waals surface area contributed by atoms with Crippen molar-refractivity contribution in [3.05, 3.63) is 0 Å². The first-order valence-corrected chi connectivity index (χ1v) is 2.90. The average molecular weight is 200 g/mol. The summed E-state index contributed by atoms with van der Waals surface area (Å²) in [4.78, 5) is 18.5. The SMILES string of the molecule is CC1(F)OC(=O)OC1F.O=C(O)O. The van der Waals surface area contributed by atoms with Crippen LogP contribution in [0.3, 0.4) is 0 Å². The molecule has 0 bridgehead atoms. The lowest BCUT2D eigenvalue weighted by Crippen LogP contribution is -2.27. The molecule has 1 rings (SSSR count). The highest BCUT2D eigenvalue weighted by Gasteiger charge is 2.49. The van der Waals surface area contributed by atoms with Crippen molar-refractivity contribution in [2.45, 2.75) is 19.1 Å².